The second kappa shape index (κ2) is 9.18. The van der Waals surface area contributed by atoms with Crippen LogP contribution in [0.3, 0.4) is 0 Å². The van der Waals surface area contributed by atoms with Gasteiger partial charge < -0.3 is 25.5 Å². The number of aromatic nitrogens is 2. The van der Waals surface area contributed by atoms with Crippen molar-refractivity contribution in [3.63, 3.8) is 0 Å². The van der Waals surface area contributed by atoms with Crippen LogP contribution in [-0.2, 0) is 10.0 Å². The lowest BCUT2D eigenvalue weighted by atomic mass is 10.2. The minimum absolute atomic E-state index is 0.0286. The van der Waals surface area contributed by atoms with Crippen molar-refractivity contribution in [3.8, 4) is 11.5 Å². The number of nitrogens with zero attached hydrogens (tertiary/aromatic N) is 2. The summed E-state index contributed by atoms with van der Waals surface area (Å²) in [7, 11) is -1.04. The van der Waals surface area contributed by atoms with Gasteiger partial charge in [-0.3, -0.25) is 4.72 Å². The van der Waals surface area contributed by atoms with Crippen molar-refractivity contribution in [2.24, 2.45) is 0 Å². The Hall–Kier alpha value is -4.09. The number of methoxy groups -OCH3 is 2. The van der Waals surface area contributed by atoms with Gasteiger partial charge in [0.25, 0.3) is 10.0 Å². The lowest BCUT2D eigenvalue weighted by molar-refractivity contribution is 0.405. The average Bonchev–Trinajstić information content (AvgIpc) is 2.84. The third-order valence-electron chi connectivity index (χ3n) is 4.72. The number of para-hydroxylation sites is 2. The second-order valence-electron chi connectivity index (χ2n) is 6.84. The summed E-state index contributed by atoms with van der Waals surface area (Å²) in [4.78, 5) is 8.90. The van der Waals surface area contributed by atoms with Crippen LogP contribution in [0.25, 0.3) is 11.0 Å². The summed E-state index contributed by atoms with van der Waals surface area (Å²) in [6.07, 6.45) is 0. The molecule has 0 spiro atoms. The minimum atomic E-state index is -4.09. The van der Waals surface area contributed by atoms with E-state index in [9.17, 15) is 13.6 Å². The van der Waals surface area contributed by atoms with Gasteiger partial charge in [-0.1, -0.05) is 18.2 Å². The monoisotopic (exact) mass is 466 g/mol. The number of anilines is 4. The topological polar surface area (TPSA) is 138 Å². The Morgan fingerprint density at radius 3 is 2.24 bits per heavy atom. The van der Waals surface area contributed by atoms with E-state index in [1.165, 1.54) is 38.5 Å². The number of sulfonamides is 1. The molecule has 0 amide bonds. The Morgan fingerprint density at radius 1 is 0.848 bits per heavy atom. The second-order valence-corrected chi connectivity index (χ2v) is 8.52. The van der Waals surface area contributed by atoms with Gasteiger partial charge in [0.05, 0.1) is 35.8 Å². The van der Waals surface area contributed by atoms with Crippen molar-refractivity contribution in [3.05, 3.63) is 71.9 Å². The molecule has 0 saturated carbocycles. The zero-order valence-electron chi connectivity index (χ0n) is 17.7. The fraction of sp³-hybridized carbons (Fsp3) is 0.0909. The molecule has 0 aliphatic heterocycles. The quantitative estimate of drug-likeness (QED) is 0.328. The lowest BCUT2D eigenvalue weighted by Gasteiger charge is -2.16. The highest BCUT2D eigenvalue weighted by Gasteiger charge is 2.20. The number of hydrogen-bond donors (Lipinski definition) is 3. The molecule has 3 aromatic carbocycles. The highest BCUT2D eigenvalue weighted by atomic mass is 32.2. The van der Waals surface area contributed by atoms with Crippen molar-refractivity contribution in [2.75, 3.05) is 29.7 Å². The third kappa shape index (κ3) is 4.73. The van der Waals surface area contributed by atoms with Gasteiger partial charge in [0.15, 0.2) is 11.6 Å². The van der Waals surface area contributed by atoms with Crippen LogP contribution in [0.1, 0.15) is 0 Å². The van der Waals surface area contributed by atoms with Crippen LogP contribution in [0.4, 0.5) is 23.0 Å². The molecule has 4 aromatic rings. The molecule has 11 heteroatoms. The van der Waals surface area contributed by atoms with Crippen LogP contribution in [0.15, 0.2) is 71.6 Å². The molecule has 0 aliphatic carbocycles. The summed E-state index contributed by atoms with van der Waals surface area (Å²) in [5.41, 5.74) is 3.35. The zero-order valence-corrected chi connectivity index (χ0v) is 18.5. The minimum Gasteiger partial charge on any atom is -0.761 e. The van der Waals surface area contributed by atoms with Gasteiger partial charge in [0.2, 0.25) is 0 Å². The van der Waals surface area contributed by atoms with E-state index in [0.717, 1.165) is 0 Å². The summed E-state index contributed by atoms with van der Waals surface area (Å²) in [6.45, 7) is 0. The Balaban J connectivity index is 1.80. The summed E-state index contributed by atoms with van der Waals surface area (Å²) in [6, 6.07) is 17.7. The normalized spacial score (nSPS) is 11.1. The predicted molar refractivity (Wildman–Crippen MR) is 127 cm³/mol. The molecule has 3 N–H and O–H groups in total. The summed E-state index contributed by atoms with van der Waals surface area (Å²) in [5, 5.41) is 14.1. The number of benzene rings is 3. The summed E-state index contributed by atoms with van der Waals surface area (Å²) >= 11 is 0. The highest BCUT2D eigenvalue weighted by Crippen LogP contribution is 2.34. The maximum absolute atomic E-state index is 13.1. The molecule has 0 unspecified atom stereocenters. The van der Waals surface area contributed by atoms with Gasteiger partial charge in [-0.15, -0.1) is 0 Å². The first-order valence-corrected chi connectivity index (χ1v) is 11.2. The number of hydrogen-bond acceptors (Lipinski definition) is 9. The molecule has 10 nitrogen and oxygen atoms in total. The van der Waals surface area contributed by atoms with Crippen molar-refractivity contribution in [2.45, 2.75) is 4.90 Å². The van der Waals surface area contributed by atoms with Crippen LogP contribution in [-0.4, -0.2) is 32.6 Å². The van der Waals surface area contributed by atoms with Gasteiger partial charge in [0.1, 0.15) is 11.5 Å². The SMILES string of the molecule is COc1ccc(OC)c(Nc2nc3ccccc3nc2NS(=O)(=O)c2cccc(N[O-])c2)c1. The zero-order chi connectivity index (χ0) is 23.4. The fourth-order valence-electron chi connectivity index (χ4n) is 3.11. The van der Waals surface area contributed by atoms with Gasteiger partial charge in [-0.05, 0) is 42.5 Å². The molecular formula is C22H20N5O5S-. The standard InChI is InChI=1S/C22H20N5O5S/c1-31-15-10-11-20(32-2)19(13-15)25-21-22(24-18-9-4-3-8-17(18)23-21)27-33(29,30)16-7-5-6-14(12-16)26-28/h3-13,26H,1-2H3,(H,23,25)(H,24,27)/q-1. The average molecular weight is 466 g/mol. The third-order valence-corrected chi connectivity index (χ3v) is 6.06. The van der Waals surface area contributed by atoms with E-state index in [1.807, 2.05) is 0 Å². The number of nitrogens with one attached hydrogen (secondary N) is 3. The van der Waals surface area contributed by atoms with Crippen LogP contribution in [0.2, 0.25) is 0 Å². The Bertz CT molecular complexity index is 1410. The van der Waals surface area contributed by atoms with Crippen LogP contribution < -0.4 is 25.0 Å². The molecule has 0 atom stereocenters. The number of ether oxygens (including phenoxy) is 2. The van der Waals surface area contributed by atoms with Crippen molar-refractivity contribution in [1.82, 2.24) is 9.97 Å². The van der Waals surface area contributed by atoms with Crippen LogP contribution >= 0.6 is 0 Å². The summed E-state index contributed by atoms with van der Waals surface area (Å²) in [5.74, 6) is 1.19. The molecule has 0 radical (unpaired) electrons. The number of fused-ring (bicyclic) bond motifs is 1. The Morgan fingerprint density at radius 2 is 1.58 bits per heavy atom. The van der Waals surface area contributed by atoms with Crippen molar-refractivity contribution >= 4 is 44.1 Å². The van der Waals surface area contributed by atoms with Gasteiger partial charge in [-0.25, -0.2) is 18.4 Å². The van der Waals surface area contributed by atoms with Crippen molar-refractivity contribution in [1.29, 1.82) is 0 Å². The first kappa shape index (κ1) is 22.1. The first-order valence-electron chi connectivity index (χ1n) is 9.70. The van der Waals surface area contributed by atoms with Crippen molar-refractivity contribution < 1.29 is 17.9 Å². The maximum atomic E-state index is 13.1. The fourth-order valence-corrected chi connectivity index (χ4v) is 4.17. The van der Waals surface area contributed by atoms with E-state index in [0.29, 0.717) is 28.2 Å². The van der Waals surface area contributed by atoms with Crippen LogP contribution in [0, 0.1) is 5.21 Å². The van der Waals surface area contributed by atoms with Gasteiger partial charge in [0, 0.05) is 11.8 Å². The predicted octanol–water partition coefficient (Wildman–Crippen LogP) is 4.10. The maximum Gasteiger partial charge on any atom is 0.263 e. The smallest absolute Gasteiger partial charge is 0.263 e. The van der Waals surface area contributed by atoms with Gasteiger partial charge >= 0.3 is 0 Å². The molecule has 170 valence electrons. The Labute approximate surface area is 190 Å². The molecular weight excluding hydrogens is 446 g/mol. The molecule has 0 bridgehead atoms. The van der Waals surface area contributed by atoms with E-state index in [1.54, 1.807) is 47.9 Å². The van der Waals surface area contributed by atoms with Crippen LogP contribution in [0.5, 0.6) is 11.5 Å². The lowest BCUT2D eigenvalue weighted by Crippen LogP contribution is -2.16. The first-order chi connectivity index (χ1) is 15.9. The summed E-state index contributed by atoms with van der Waals surface area (Å²) < 4.78 is 39.2. The van der Waals surface area contributed by atoms with E-state index in [-0.39, 0.29) is 22.2 Å². The Kier molecular flexibility index (Phi) is 6.16. The molecule has 0 fully saturated rings. The molecule has 0 saturated heterocycles. The van der Waals surface area contributed by atoms with E-state index < -0.39 is 10.0 Å². The highest BCUT2D eigenvalue weighted by molar-refractivity contribution is 7.92. The van der Waals surface area contributed by atoms with E-state index >= 15 is 0 Å². The molecule has 4 rings (SSSR count). The van der Waals surface area contributed by atoms with E-state index in [4.69, 9.17) is 9.47 Å². The largest absolute Gasteiger partial charge is 0.761 e. The molecule has 33 heavy (non-hydrogen) atoms. The van der Waals surface area contributed by atoms with E-state index in [2.05, 4.69) is 20.0 Å². The van der Waals surface area contributed by atoms with Gasteiger partial charge in [-0.2, -0.15) is 0 Å². The molecule has 0 aliphatic rings. The molecule has 1 heterocycles. The number of rotatable bonds is 8. The molecule has 1 aromatic heterocycles.